The molecule has 0 saturated heterocycles. The number of carboxylic acid groups (broad SMARTS) is 1. The van der Waals surface area contributed by atoms with Gasteiger partial charge in [-0.05, 0) is 27.2 Å². The summed E-state index contributed by atoms with van der Waals surface area (Å²) in [7, 11) is 0. The van der Waals surface area contributed by atoms with Crippen LogP contribution in [0.5, 0.6) is 0 Å². The molecule has 0 spiro atoms. The molecular formula is C11H18O5. The number of aliphatic carboxylic acids is 1. The third-order valence-corrected chi connectivity index (χ3v) is 1.33. The molecular weight excluding hydrogens is 212 g/mol. The lowest BCUT2D eigenvalue weighted by atomic mass is 10.2. The number of hydrogen-bond donors (Lipinski definition) is 1. The van der Waals surface area contributed by atoms with Crippen LogP contribution in [0.15, 0.2) is 12.2 Å². The first kappa shape index (κ1) is 14.6. The average Bonchev–Trinajstić information content (AvgIpc) is 2.07. The maximum absolute atomic E-state index is 11.1. The topological polar surface area (TPSA) is 72.8 Å². The van der Waals surface area contributed by atoms with E-state index < -0.39 is 17.5 Å². The molecule has 0 aliphatic carbocycles. The van der Waals surface area contributed by atoms with E-state index in [1.807, 2.05) is 0 Å². The van der Waals surface area contributed by atoms with E-state index in [9.17, 15) is 9.59 Å². The second-order valence-corrected chi connectivity index (χ2v) is 4.17. The molecule has 0 fully saturated rings. The maximum Gasteiger partial charge on any atom is 0.332 e. The largest absolute Gasteiger partial charge is 0.478 e. The maximum atomic E-state index is 11.1. The second kappa shape index (κ2) is 7.00. The fourth-order valence-electron chi connectivity index (χ4n) is 0.862. The van der Waals surface area contributed by atoms with Gasteiger partial charge < -0.3 is 14.6 Å². The summed E-state index contributed by atoms with van der Waals surface area (Å²) < 4.78 is 10.0. The molecule has 0 unspecified atom stereocenters. The van der Waals surface area contributed by atoms with Gasteiger partial charge in [0, 0.05) is 6.08 Å². The molecule has 5 nitrogen and oxygen atoms in total. The average molecular weight is 230 g/mol. The quantitative estimate of drug-likeness (QED) is 0.424. The van der Waals surface area contributed by atoms with Crippen molar-refractivity contribution in [1.82, 2.24) is 0 Å². The highest BCUT2D eigenvalue weighted by Gasteiger charge is 2.15. The lowest BCUT2D eigenvalue weighted by molar-refractivity contribution is -0.160. The summed E-state index contributed by atoms with van der Waals surface area (Å²) in [5.41, 5.74) is -0.510. The molecule has 0 aliphatic heterocycles. The molecule has 1 N–H and O–H groups in total. The highest BCUT2D eigenvalue weighted by Crippen LogP contribution is 2.06. The van der Waals surface area contributed by atoms with E-state index in [1.165, 1.54) is 6.08 Å². The molecule has 0 aliphatic rings. The Balaban J connectivity index is 3.53. The van der Waals surface area contributed by atoms with Crippen LogP contribution < -0.4 is 0 Å². The molecule has 0 atom stereocenters. The second-order valence-electron chi connectivity index (χ2n) is 4.17. The third kappa shape index (κ3) is 10.7. The summed E-state index contributed by atoms with van der Waals surface area (Å²) in [5, 5.41) is 8.28. The Bertz CT molecular complexity index is 262. The lowest BCUT2D eigenvalue weighted by Crippen LogP contribution is -2.26. The molecule has 0 bridgehead atoms. The van der Waals surface area contributed by atoms with Crippen LogP contribution in [0.4, 0.5) is 0 Å². The minimum Gasteiger partial charge on any atom is -0.478 e. The Morgan fingerprint density at radius 1 is 1.31 bits per heavy atom. The normalized spacial score (nSPS) is 11.7. The van der Waals surface area contributed by atoms with Crippen molar-refractivity contribution in [3.05, 3.63) is 12.2 Å². The molecule has 0 radical (unpaired) electrons. The van der Waals surface area contributed by atoms with Crippen molar-refractivity contribution in [2.45, 2.75) is 32.8 Å². The zero-order valence-corrected chi connectivity index (χ0v) is 9.86. The van der Waals surface area contributed by atoms with Gasteiger partial charge in [-0.25, -0.2) is 9.59 Å². The molecule has 0 aromatic rings. The Kier molecular flexibility index (Phi) is 6.41. The summed E-state index contributed by atoms with van der Waals surface area (Å²) in [6.07, 6.45) is 2.96. The Morgan fingerprint density at radius 2 is 1.94 bits per heavy atom. The first-order valence-corrected chi connectivity index (χ1v) is 5.00. The Hall–Kier alpha value is -1.36. The van der Waals surface area contributed by atoms with Gasteiger partial charge in [0.05, 0.1) is 6.61 Å². The smallest absolute Gasteiger partial charge is 0.332 e. The SMILES string of the molecule is CC(C)(C)OC(=O)COCC/C=C/C(=O)O. The van der Waals surface area contributed by atoms with E-state index in [0.717, 1.165) is 6.08 Å². The minimum absolute atomic E-state index is 0.113. The molecule has 0 amide bonds. The molecule has 5 heteroatoms. The molecule has 16 heavy (non-hydrogen) atoms. The predicted molar refractivity (Wildman–Crippen MR) is 58.1 cm³/mol. The summed E-state index contributed by atoms with van der Waals surface area (Å²) in [4.78, 5) is 21.2. The summed E-state index contributed by atoms with van der Waals surface area (Å²) >= 11 is 0. The Morgan fingerprint density at radius 3 is 2.44 bits per heavy atom. The molecule has 0 aromatic carbocycles. The molecule has 0 rings (SSSR count). The van der Waals surface area contributed by atoms with Gasteiger partial charge in [0.25, 0.3) is 0 Å². The van der Waals surface area contributed by atoms with E-state index in [1.54, 1.807) is 20.8 Å². The molecule has 92 valence electrons. The zero-order chi connectivity index (χ0) is 12.6. The summed E-state index contributed by atoms with van der Waals surface area (Å²) in [5.74, 6) is -1.41. The third-order valence-electron chi connectivity index (χ3n) is 1.33. The van der Waals surface area contributed by atoms with Crippen LogP contribution in [0.3, 0.4) is 0 Å². The fourth-order valence-corrected chi connectivity index (χ4v) is 0.862. The monoisotopic (exact) mass is 230 g/mol. The van der Waals surface area contributed by atoms with Gasteiger partial charge >= 0.3 is 11.9 Å². The van der Waals surface area contributed by atoms with Gasteiger partial charge in [0.15, 0.2) is 0 Å². The first-order valence-electron chi connectivity index (χ1n) is 5.00. The van der Waals surface area contributed by atoms with Crippen molar-refractivity contribution in [2.24, 2.45) is 0 Å². The Labute approximate surface area is 95.0 Å². The van der Waals surface area contributed by atoms with Crippen LogP contribution in [0.2, 0.25) is 0 Å². The number of carbonyl (C=O) groups is 2. The van der Waals surface area contributed by atoms with Crippen LogP contribution >= 0.6 is 0 Å². The van der Waals surface area contributed by atoms with Gasteiger partial charge in [-0.1, -0.05) is 6.08 Å². The number of carbonyl (C=O) groups excluding carboxylic acids is 1. The van der Waals surface area contributed by atoms with E-state index in [0.29, 0.717) is 13.0 Å². The van der Waals surface area contributed by atoms with E-state index in [4.69, 9.17) is 14.6 Å². The van der Waals surface area contributed by atoms with Crippen LogP contribution in [0.25, 0.3) is 0 Å². The number of ether oxygens (including phenoxy) is 2. The van der Waals surface area contributed by atoms with Gasteiger partial charge in [-0.2, -0.15) is 0 Å². The van der Waals surface area contributed by atoms with Crippen molar-refractivity contribution >= 4 is 11.9 Å². The molecule has 0 saturated carbocycles. The number of rotatable bonds is 6. The zero-order valence-electron chi connectivity index (χ0n) is 9.86. The van der Waals surface area contributed by atoms with E-state index >= 15 is 0 Å². The van der Waals surface area contributed by atoms with Gasteiger partial charge in [0.1, 0.15) is 12.2 Å². The van der Waals surface area contributed by atoms with Gasteiger partial charge in [-0.3, -0.25) is 0 Å². The van der Waals surface area contributed by atoms with Gasteiger partial charge in [0.2, 0.25) is 0 Å². The number of carboxylic acids is 1. The van der Waals surface area contributed by atoms with E-state index in [-0.39, 0.29) is 6.61 Å². The van der Waals surface area contributed by atoms with Crippen LogP contribution in [-0.2, 0) is 19.1 Å². The van der Waals surface area contributed by atoms with Crippen LogP contribution in [0.1, 0.15) is 27.2 Å². The van der Waals surface area contributed by atoms with Crippen molar-refractivity contribution < 1.29 is 24.2 Å². The van der Waals surface area contributed by atoms with Crippen molar-refractivity contribution in [3.63, 3.8) is 0 Å². The fraction of sp³-hybridized carbons (Fsp3) is 0.636. The van der Waals surface area contributed by atoms with Crippen molar-refractivity contribution in [1.29, 1.82) is 0 Å². The molecule has 0 aromatic heterocycles. The van der Waals surface area contributed by atoms with E-state index in [2.05, 4.69) is 0 Å². The predicted octanol–water partition coefficient (Wildman–Crippen LogP) is 1.38. The van der Waals surface area contributed by atoms with Crippen molar-refractivity contribution in [3.8, 4) is 0 Å². The highest BCUT2D eigenvalue weighted by atomic mass is 16.6. The van der Waals surface area contributed by atoms with Crippen LogP contribution in [0, 0.1) is 0 Å². The van der Waals surface area contributed by atoms with Gasteiger partial charge in [-0.15, -0.1) is 0 Å². The lowest BCUT2D eigenvalue weighted by Gasteiger charge is -2.19. The highest BCUT2D eigenvalue weighted by molar-refractivity contribution is 5.79. The van der Waals surface area contributed by atoms with Crippen LogP contribution in [-0.4, -0.2) is 35.9 Å². The minimum atomic E-state index is -0.993. The number of esters is 1. The summed E-state index contributed by atoms with van der Waals surface area (Å²) in [6.45, 7) is 5.52. The summed E-state index contributed by atoms with van der Waals surface area (Å²) in [6, 6.07) is 0. The molecule has 0 heterocycles. The first-order chi connectivity index (χ1) is 7.31. The standard InChI is InChI=1S/C11H18O5/c1-11(2,3)16-10(14)8-15-7-5-4-6-9(12)13/h4,6H,5,7-8H2,1-3H3,(H,12,13)/b6-4+. The number of hydrogen-bond acceptors (Lipinski definition) is 4. The van der Waals surface area contributed by atoms with Crippen molar-refractivity contribution in [2.75, 3.05) is 13.2 Å².